The van der Waals surface area contributed by atoms with Crippen molar-refractivity contribution in [3.05, 3.63) is 83.2 Å². The number of benzene rings is 3. The minimum atomic E-state index is -1.99. The highest BCUT2D eigenvalue weighted by atomic mass is 32.1. The molecule has 2 aromatic heterocycles. The van der Waals surface area contributed by atoms with E-state index in [4.69, 9.17) is 14.2 Å². The maximum absolute atomic E-state index is 13.3. The number of fused-ring (bicyclic) bond motifs is 3. The van der Waals surface area contributed by atoms with Crippen LogP contribution in [0.15, 0.2) is 66.5 Å². The highest BCUT2D eigenvalue weighted by Gasteiger charge is 2.48. The van der Waals surface area contributed by atoms with E-state index in [9.17, 15) is 9.90 Å². The molecule has 0 radical (unpaired) electrons. The molecule has 3 aromatic carbocycles. The van der Waals surface area contributed by atoms with Crippen LogP contribution in [0.25, 0.3) is 27.6 Å². The molecule has 1 atom stereocenters. The number of aliphatic hydroxyl groups is 1. The summed E-state index contributed by atoms with van der Waals surface area (Å²) in [5, 5.41) is 11.9. The lowest BCUT2D eigenvalue weighted by atomic mass is 9.88. The molecule has 10 heteroatoms. The number of hydrogen-bond donors (Lipinski definition) is 2. The first-order valence-electron chi connectivity index (χ1n) is 10.8. The third-order valence-corrected chi connectivity index (χ3v) is 6.88. The fraction of sp³-hybridized carbons (Fsp3) is 0.120. The van der Waals surface area contributed by atoms with Crippen LogP contribution in [0.5, 0.6) is 11.5 Å². The first-order valence-corrected chi connectivity index (χ1v) is 11.6. The molecule has 0 bridgehead atoms. The van der Waals surface area contributed by atoms with Gasteiger partial charge >= 0.3 is 5.97 Å². The van der Waals surface area contributed by atoms with Gasteiger partial charge in [0.05, 0.1) is 34.7 Å². The molecule has 5 aromatic rings. The Labute approximate surface area is 201 Å². The van der Waals surface area contributed by atoms with Crippen LogP contribution >= 0.6 is 11.7 Å². The van der Waals surface area contributed by atoms with E-state index in [1.807, 2.05) is 18.2 Å². The van der Waals surface area contributed by atoms with Gasteiger partial charge in [-0.15, -0.1) is 0 Å². The number of cyclic esters (lactones) is 1. The summed E-state index contributed by atoms with van der Waals surface area (Å²) >= 11 is 1.10. The second kappa shape index (κ2) is 7.36. The number of aromatic nitrogens is 4. The summed E-state index contributed by atoms with van der Waals surface area (Å²) in [5.41, 5.74) is 5.66. The number of carbonyl (C=O) groups is 1. The molecule has 0 amide bonds. The number of H-pyrrole nitrogens is 1. The lowest BCUT2D eigenvalue weighted by Crippen LogP contribution is -2.29. The van der Waals surface area contributed by atoms with E-state index in [0.29, 0.717) is 39.3 Å². The van der Waals surface area contributed by atoms with Crippen LogP contribution in [0.1, 0.15) is 16.7 Å². The average Bonchev–Trinajstić information content (AvgIpc) is 3.65. The molecule has 7 rings (SSSR count). The first-order chi connectivity index (χ1) is 17.1. The number of imidazole rings is 1. The Bertz CT molecular complexity index is 1690. The number of carbonyl (C=O) groups excluding carboxylic acids is 1. The molecule has 2 aliphatic rings. The van der Waals surface area contributed by atoms with Gasteiger partial charge < -0.3 is 24.3 Å². The molecule has 0 saturated heterocycles. The van der Waals surface area contributed by atoms with Crippen molar-refractivity contribution in [2.75, 3.05) is 6.79 Å². The summed E-state index contributed by atoms with van der Waals surface area (Å²) in [7, 11) is 0. The van der Waals surface area contributed by atoms with Crippen molar-refractivity contribution in [1.29, 1.82) is 0 Å². The van der Waals surface area contributed by atoms with Gasteiger partial charge in [0.1, 0.15) is 11.0 Å². The van der Waals surface area contributed by atoms with E-state index < -0.39 is 11.8 Å². The van der Waals surface area contributed by atoms with Gasteiger partial charge in [-0.1, -0.05) is 12.1 Å². The van der Waals surface area contributed by atoms with E-state index in [1.165, 1.54) is 0 Å². The second-order valence-electron chi connectivity index (χ2n) is 8.35. The molecule has 4 heterocycles. The Hall–Kier alpha value is -4.28. The topological polar surface area (TPSA) is 119 Å². The van der Waals surface area contributed by atoms with Crippen molar-refractivity contribution in [3.63, 3.8) is 0 Å². The SMILES string of the molecule is O=C1OC(O)(c2ccc3c(c2)OCO3)C(Cc2ccc3nc[nH]c3c2)=C1c1ccc2nsnc2c1. The Morgan fingerprint density at radius 2 is 1.83 bits per heavy atom. The normalized spacial score (nSPS) is 19.2. The maximum atomic E-state index is 13.3. The van der Waals surface area contributed by atoms with Crippen molar-refractivity contribution in [2.24, 2.45) is 0 Å². The van der Waals surface area contributed by atoms with Crippen LogP contribution in [-0.2, 0) is 21.7 Å². The Morgan fingerprint density at radius 1 is 0.971 bits per heavy atom. The predicted molar refractivity (Wildman–Crippen MR) is 127 cm³/mol. The van der Waals surface area contributed by atoms with Crippen molar-refractivity contribution in [1.82, 2.24) is 18.7 Å². The molecule has 1 unspecified atom stereocenters. The number of esters is 1. The Kier molecular flexibility index (Phi) is 4.23. The number of nitrogens with zero attached hydrogens (tertiary/aromatic N) is 3. The van der Waals surface area contributed by atoms with Crippen molar-refractivity contribution in [3.8, 4) is 11.5 Å². The summed E-state index contributed by atoms with van der Waals surface area (Å²) in [6.07, 6.45) is 1.88. The molecule has 0 fully saturated rings. The Balaban J connectivity index is 1.42. The number of ether oxygens (including phenoxy) is 3. The zero-order chi connectivity index (χ0) is 23.6. The summed E-state index contributed by atoms with van der Waals surface area (Å²) in [6.45, 7) is 0.0941. The van der Waals surface area contributed by atoms with E-state index in [-0.39, 0.29) is 13.2 Å². The smallest absolute Gasteiger partial charge is 0.342 e. The fourth-order valence-electron chi connectivity index (χ4n) is 4.61. The Morgan fingerprint density at radius 3 is 2.77 bits per heavy atom. The van der Waals surface area contributed by atoms with E-state index in [0.717, 1.165) is 33.8 Å². The molecule has 2 aliphatic heterocycles. The van der Waals surface area contributed by atoms with Gasteiger partial charge in [0.25, 0.3) is 5.79 Å². The van der Waals surface area contributed by atoms with Gasteiger partial charge in [-0.3, -0.25) is 0 Å². The third kappa shape index (κ3) is 3.11. The highest BCUT2D eigenvalue weighted by molar-refractivity contribution is 7.00. The van der Waals surface area contributed by atoms with Gasteiger partial charge in [0, 0.05) is 17.6 Å². The highest BCUT2D eigenvalue weighted by Crippen LogP contribution is 2.47. The monoisotopic (exact) mass is 484 g/mol. The van der Waals surface area contributed by atoms with Crippen molar-refractivity contribution in [2.45, 2.75) is 12.2 Å². The molecule has 0 spiro atoms. The molecule has 35 heavy (non-hydrogen) atoms. The minimum Gasteiger partial charge on any atom is -0.454 e. The summed E-state index contributed by atoms with van der Waals surface area (Å²) in [4.78, 5) is 20.7. The third-order valence-electron chi connectivity index (χ3n) is 6.33. The fourth-order valence-corrected chi connectivity index (χ4v) is 5.13. The van der Waals surface area contributed by atoms with Crippen LogP contribution in [0.3, 0.4) is 0 Å². The largest absolute Gasteiger partial charge is 0.454 e. The van der Waals surface area contributed by atoms with Crippen LogP contribution in [0.4, 0.5) is 0 Å². The molecular weight excluding hydrogens is 468 g/mol. The minimum absolute atomic E-state index is 0.0941. The summed E-state index contributed by atoms with van der Waals surface area (Å²) in [6, 6.07) is 16.2. The zero-order valence-corrected chi connectivity index (χ0v) is 18.8. The van der Waals surface area contributed by atoms with Crippen LogP contribution < -0.4 is 9.47 Å². The van der Waals surface area contributed by atoms with Gasteiger partial charge in [0.2, 0.25) is 6.79 Å². The molecule has 0 aliphatic carbocycles. The van der Waals surface area contributed by atoms with Gasteiger partial charge in [-0.2, -0.15) is 8.75 Å². The van der Waals surface area contributed by atoms with Crippen molar-refractivity contribution >= 4 is 45.3 Å². The molecule has 0 saturated carbocycles. The molecule has 172 valence electrons. The predicted octanol–water partition coefficient (Wildman–Crippen LogP) is 3.69. The second-order valence-corrected chi connectivity index (χ2v) is 8.88. The average molecular weight is 484 g/mol. The molecule has 9 nitrogen and oxygen atoms in total. The maximum Gasteiger partial charge on any atom is 0.342 e. The van der Waals surface area contributed by atoms with Gasteiger partial charge in [-0.25, -0.2) is 9.78 Å². The lowest BCUT2D eigenvalue weighted by molar-refractivity contribution is -0.185. The number of hydrogen-bond acceptors (Lipinski definition) is 9. The van der Waals surface area contributed by atoms with Crippen LogP contribution in [-0.4, -0.2) is 36.6 Å². The van der Waals surface area contributed by atoms with Gasteiger partial charge in [0.15, 0.2) is 11.5 Å². The lowest BCUT2D eigenvalue weighted by Gasteiger charge is -2.26. The van der Waals surface area contributed by atoms with Crippen LogP contribution in [0, 0.1) is 0 Å². The van der Waals surface area contributed by atoms with Crippen LogP contribution in [0.2, 0.25) is 0 Å². The zero-order valence-electron chi connectivity index (χ0n) is 18.0. The van der Waals surface area contributed by atoms with Crippen molar-refractivity contribution < 1.29 is 24.1 Å². The van der Waals surface area contributed by atoms with E-state index in [2.05, 4.69) is 18.7 Å². The quantitative estimate of drug-likeness (QED) is 0.371. The number of nitrogens with one attached hydrogen (secondary N) is 1. The number of aromatic amines is 1. The molecular formula is C25H16N4O5S. The summed E-state index contributed by atoms with van der Waals surface area (Å²) in [5.74, 6) is -1.57. The molecule has 2 N–H and O–H groups in total. The van der Waals surface area contributed by atoms with E-state index in [1.54, 1.807) is 42.7 Å². The summed E-state index contributed by atoms with van der Waals surface area (Å²) < 4.78 is 25.1. The van der Waals surface area contributed by atoms with E-state index >= 15 is 0 Å². The standard InChI is InChI=1S/C25H16N4O5S/c30-24-23(14-2-5-18-20(9-14)29-35-28-18)16(7-13-1-4-17-19(8-13)27-11-26-17)25(31,34-24)15-3-6-21-22(10-15)33-12-32-21/h1-6,8-11,31H,7,12H2,(H,26,27). The first kappa shape index (κ1) is 20.1. The van der Waals surface area contributed by atoms with Gasteiger partial charge in [-0.05, 0) is 53.6 Å². The number of rotatable bonds is 4.